The molecule has 0 aliphatic heterocycles. The Morgan fingerprint density at radius 2 is 1.29 bits per heavy atom. The Labute approximate surface area is 244 Å². The van der Waals surface area contributed by atoms with Crippen LogP contribution in [-0.2, 0) is 10.0 Å². The highest BCUT2D eigenvalue weighted by molar-refractivity contribution is 7.89. The Morgan fingerprint density at radius 3 is 2.05 bits per heavy atom. The molecule has 0 radical (unpaired) electrons. The fraction of sp³-hybridized carbons (Fsp3) is 0.0556. The van der Waals surface area contributed by atoms with Gasteiger partial charge in [-0.1, -0.05) is 121 Å². The molecule has 1 heterocycles. The molecular formula is C36H25NO2S2. The van der Waals surface area contributed by atoms with Gasteiger partial charge in [-0.15, -0.1) is 11.3 Å². The van der Waals surface area contributed by atoms with Crippen LogP contribution in [0.25, 0.3) is 20.2 Å². The lowest BCUT2D eigenvalue weighted by Crippen LogP contribution is -2.35. The van der Waals surface area contributed by atoms with Crippen LogP contribution in [0.4, 0.5) is 0 Å². The highest BCUT2D eigenvalue weighted by atomic mass is 32.2. The molecule has 0 saturated carbocycles. The molecule has 5 heteroatoms. The normalized spacial score (nSPS) is 11.9. The van der Waals surface area contributed by atoms with E-state index in [-0.39, 0.29) is 11.4 Å². The molecule has 3 nitrogen and oxygen atoms in total. The number of hydrogen-bond acceptors (Lipinski definition) is 3. The monoisotopic (exact) mass is 567 g/mol. The number of hydrogen-bond donors (Lipinski definition) is 0. The van der Waals surface area contributed by atoms with Crippen molar-refractivity contribution in [3.63, 3.8) is 0 Å². The van der Waals surface area contributed by atoms with E-state index in [9.17, 15) is 8.42 Å². The second-order valence-electron chi connectivity index (χ2n) is 9.39. The summed E-state index contributed by atoms with van der Waals surface area (Å²) in [6.07, 6.45) is 0. The van der Waals surface area contributed by atoms with Gasteiger partial charge < -0.3 is 0 Å². The minimum absolute atomic E-state index is 0.0262. The Balaban J connectivity index is 1.45. The summed E-state index contributed by atoms with van der Waals surface area (Å²) in [7, 11) is -3.94. The summed E-state index contributed by atoms with van der Waals surface area (Å²) >= 11 is 1.70. The number of nitrogens with zero attached hydrogens (tertiary/aromatic N) is 1. The molecule has 1 atom stereocenters. The molecule has 41 heavy (non-hydrogen) atoms. The van der Waals surface area contributed by atoms with Crippen molar-refractivity contribution >= 4 is 41.5 Å². The van der Waals surface area contributed by atoms with Crippen LogP contribution in [0.3, 0.4) is 0 Å². The molecule has 1 aromatic heterocycles. The van der Waals surface area contributed by atoms with Gasteiger partial charge in [0.1, 0.15) is 6.04 Å². The van der Waals surface area contributed by atoms with Gasteiger partial charge in [-0.2, -0.15) is 4.31 Å². The number of thiophene rings is 1. The molecule has 198 valence electrons. The average molecular weight is 568 g/mol. The predicted molar refractivity (Wildman–Crippen MR) is 169 cm³/mol. The van der Waals surface area contributed by atoms with E-state index < -0.39 is 16.1 Å². The summed E-state index contributed by atoms with van der Waals surface area (Å²) in [6, 6.07) is 41.3. The first kappa shape index (κ1) is 26.6. The van der Waals surface area contributed by atoms with Gasteiger partial charge in [0.05, 0.1) is 16.1 Å². The van der Waals surface area contributed by atoms with E-state index in [1.54, 1.807) is 41.7 Å². The van der Waals surface area contributed by atoms with Crippen molar-refractivity contribution in [2.45, 2.75) is 10.9 Å². The maximum Gasteiger partial charge on any atom is 0.245 e. The zero-order valence-electron chi connectivity index (χ0n) is 22.1. The molecule has 6 aromatic rings. The van der Waals surface area contributed by atoms with E-state index in [1.165, 1.54) is 14.4 Å². The van der Waals surface area contributed by atoms with Crippen molar-refractivity contribution in [2.75, 3.05) is 6.54 Å². The van der Waals surface area contributed by atoms with Crippen molar-refractivity contribution in [1.29, 1.82) is 0 Å². The molecule has 0 fully saturated rings. The molecule has 6 rings (SSSR count). The maximum atomic E-state index is 14.1. The van der Waals surface area contributed by atoms with Crippen LogP contribution in [0.2, 0.25) is 0 Å². The average Bonchev–Trinajstić information content (AvgIpc) is 3.41. The van der Waals surface area contributed by atoms with Gasteiger partial charge in [0.25, 0.3) is 0 Å². The van der Waals surface area contributed by atoms with Crippen LogP contribution in [-0.4, -0.2) is 19.3 Å². The second kappa shape index (κ2) is 11.8. The maximum absolute atomic E-state index is 14.1. The topological polar surface area (TPSA) is 37.4 Å². The van der Waals surface area contributed by atoms with Crippen molar-refractivity contribution in [3.05, 3.63) is 150 Å². The van der Waals surface area contributed by atoms with Gasteiger partial charge in [-0.25, -0.2) is 8.42 Å². The molecular weight excluding hydrogens is 543 g/mol. The van der Waals surface area contributed by atoms with Crippen LogP contribution < -0.4 is 0 Å². The number of benzene rings is 5. The second-order valence-corrected chi connectivity index (χ2v) is 12.3. The van der Waals surface area contributed by atoms with Crippen molar-refractivity contribution < 1.29 is 8.42 Å². The Morgan fingerprint density at radius 1 is 0.659 bits per heavy atom. The van der Waals surface area contributed by atoms with Gasteiger partial charge in [0.15, 0.2) is 0 Å². The fourth-order valence-electron chi connectivity index (χ4n) is 4.73. The smallest absolute Gasteiger partial charge is 0.207 e. The van der Waals surface area contributed by atoms with Crippen LogP contribution in [0.1, 0.15) is 22.7 Å². The number of fused-ring (bicyclic) bond motifs is 3. The highest BCUT2D eigenvalue weighted by Gasteiger charge is 2.31. The Hall–Kier alpha value is -4.65. The molecule has 0 saturated heterocycles. The van der Waals surface area contributed by atoms with Gasteiger partial charge in [-0.05, 0) is 42.0 Å². The Kier molecular flexibility index (Phi) is 7.67. The van der Waals surface area contributed by atoms with E-state index in [1.807, 2.05) is 84.9 Å². The van der Waals surface area contributed by atoms with Crippen LogP contribution in [0, 0.1) is 23.7 Å². The van der Waals surface area contributed by atoms with Crippen LogP contribution >= 0.6 is 11.3 Å². The van der Waals surface area contributed by atoms with Gasteiger partial charge in [-0.3, -0.25) is 0 Å². The molecule has 0 N–H and O–H groups in total. The van der Waals surface area contributed by atoms with E-state index in [4.69, 9.17) is 0 Å². The minimum Gasteiger partial charge on any atom is -0.207 e. The molecule has 0 spiro atoms. The molecule has 0 aliphatic rings. The third-order valence-electron chi connectivity index (χ3n) is 6.74. The lowest BCUT2D eigenvalue weighted by molar-refractivity contribution is 0.410. The first-order chi connectivity index (χ1) is 20.1. The van der Waals surface area contributed by atoms with Gasteiger partial charge in [0, 0.05) is 26.6 Å². The fourth-order valence-corrected chi connectivity index (χ4v) is 7.36. The summed E-state index contributed by atoms with van der Waals surface area (Å²) in [5, 5.41) is 2.35. The summed E-state index contributed by atoms with van der Waals surface area (Å²) in [4.78, 5) is 0.204. The SMILES string of the molecule is O=S(=O)(c1ccccc1)N(CC#Cc1cccc2c1sc1ccccc12)C(C#Cc1ccccc1)c1ccccc1. The van der Waals surface area contributed by atoms with Crippen molar-refractivity contribution in [1.82, 2.24) is 4.31 Å². The van der Waals surface area contributed by atoms with Gasteiger partial charge >= 0.3 is 0 Å². The van der Waals surface area contributed by atoms with E-state index in [2.05, 4.69) is 41.9 Å². The number of sulfonamides is 1. The molecule has 5 aromatic carbocycles. The summed E-state index contributed by atoms with van der Waals surface area (Å²) in [6.45, 7) is -0.0262. The summed E-state index contributed by atoms with van der Waals surface area (Å²) in [5.74, 6) is 12.9. The van der Waals surface area contributed by atoms with Crippen molar-refractivity contribution in [2.24, 2.45) is 0 Å². The highest BCUT2D eigenvalue weighted by Crippen LogP contribution is 2.35. The third kappa shape index (κ3) is 5.66. The van der Waals surface area contributed by atoms with Crippen LogP contribution in [0.5, 0.6) is 0 Å². The molecule has 0 aliphatic carbocycles. The summed E-state index contributed by atoms with van der Waals surface area (Å²) < 4.78 is 32.0. The molecule has 1 unspecified atom stereocenters. The third-order valence-corrected chi connectivity index (χ3v) is 9.79. The lowest BCUT2D eigenvalue weighted by atomic mass is 10.1. The lowest BCUT2D eigenvalue weighted by Gasteiger charge is -2.26. The molecule has 0 amide bonds. The Bertz CT molecular complexity index is 2050. The quantitative estimate of drug-likeness (QED) is 0.199. The number of rotatable bonds is 5. The standard InChI is InChI=1S/C36H25NO2S2/c38-41(39,31-20-8-3-9-21-31)37(34(29-16-6-2-7-17-29)26-25-28-14-4-1-5-15-28)27-13-19-30-18-12-23-33-32-22-10-11-24-35(32)40-36(30)33/h1-12,14-18,20-24,34H,27H2. The van der Waals surface area contributed by atoms with E-state index in [0.717, 1.165) is 26.8 Å². The largest absolute Gasteiger partial charge is 0.245 e. The van der Waals surface area contributed by atoms with Gasteiger partial charge in [0.2, 0.25) is 10.0 Å². The van der Waals surface area contributed by atoms with E-state index >= 15 is 0 Å². The molecule has 0 bridgehead atoms. The zero-order valence-corrected chi connectivity index (χ0v) is 23.7. The predicted octanol–water partition coefficient (Wildman–Crippen LogP) is 7.89. The first-order valence-corrected chi connectivity index (χ1v) is 15.4. The summed E-state index contributed by atoms with van der Waals surface area (Å²) in [5.41, 5.74) is 2.48. The zero-order chi connectivity index (χ0) is 28.1. The first-order valence-electron chi connectivity index (χ1n) is 13.2. The van der Waals surface area contributed by atoms with E-state index in [0.29, 0.717) is 0 Å². The minimum atomic E-state index is -3.94. The van der Waals surface area contributed by atoms with Crippen LogP contribution in [0.15, 0.2) is 138 Å². The van der Waals surface area contributed by atoms with Crippen molar-refractivity contribution in [3.8, 4) is 23.7 Å².